The number of amidine groups is 1. The first kappa shape index (κ1) is 12.4. The van der Waals surface area contributed by atoms with Crippen LogP contribution >= 0.6 is 11.6 Å². The molecule has 0 radical (unpaired) electrons. The second kappa shape index (κ2) is 4.31. The molecule has 0 saturated heterocycles. The molecule has 0 atom stereocenters. The van der Waals surface area contributed by atoms with Crippen LogP contribution in [0.4, 0.5) is 5.69 Å². The predicted octanol–water partition coefficient (Wildman–Crippen LogP) is 2.57. The molecule has 0 bridgehead atoms. The topological polar surface area (TPSA) is 49.7 Å². The summed E-state index contributed by atoms with van der Waals surface area (Å²) in [7, 11) is -3.56. The van der Waals surface area contributed by atoms with Crippen LogP contribution in [0.25, 0.3) is 0 Å². The highest BCUT2D eigenvalue weighted by molar-refractivity contribution is 7.90. The Morgan fingerprint density at radius 3 is 2.65 bits per heavy atom. The average molecular weight is 273 g/mol. The van der Waals surface area contributed by atoms with Gasteiger partial charge in [0.15, 0.2) is 0 Å². The van der Waals surface area contributed by atoms with Crippen LogP contribution in [0, 0.1) is 5.92 Å². The number of benzene rings is 1. The lowest BCUT2D eigenvalue weighted by molar-refractivity contribution is 0.469. The Bertz CT molecular complexity index is 567. The van der Waals surface area contributed by atoms with E-state index in [1.807, 2.05) is 13.8 Å². The highest BCUT2D eigenvalue weighted by atomic mass is 35.5. The van der Waals surface area contributed by atoms with E-state index in [4.69, 9.17) is 11.6 Å². The zero-order valence-electron chi connectivity index (χ0n) is 9.59. The number of fused-ring (bicyclic) bond motifs is 1. The van der Waals surface area contributed by atoms with Crippen LogP contribution in [-0.4, -0.2) is 24.6 Å². The minimum absolute atomic E-state index is 0.0115. The van der Waals surface area contributed by atoms with Crippen molar-refractivity contribution in [3.8, 4) is 0 Å². The molecule has 0 spiro atoms. The van der Waals surface area contributed by atoms with Crippen molar-refractivity contribution in [3.05, 3.63) is 24.3 Å². The van der Waals surface area contributed by atoms with Gasteiger partial charge >= 0.3 is 0 Å². The predicted molar refractivity (Wildman–Crippen MR) is 68.1 cm³/mol. The van der Waals surface area contributed by atoms with E-state index in [1.165, 1.54) is 0 Å². The van der Waals surface area contributed by atoms with Gasteiger partial charge in [-0.25, -0.2) is 17.7 Å². The second-order valence-corrected chi connectivity index (χ2v) is 6.45. The molecule has 2 rings (SSSR count). The van der Waals surface area contributed by atoms with Gasteiger partial charge in [-0.05, 0) is 29.7 Å². The van der Waals surface area contributed by atoms with Crippen molar-refractivity contribution < 1.29 is 8.42 Å². The molecule has 0 amide bonds. The summed E-state index contributed by atoms with van der Waals surface area (Å²) in [4.78, 5) is 4.32. The molecule has 0 saturated carbocycles. The smallest absolute Gasteiger partial charge is 0.240 e. The van der Waals surface area contributed by atoms with Crippen molar-refractivity contribution in [1.29, 1.82) is 0 Å². The number of hydrogen-bond donors (Lipinski definition) is 0. The van der Waals surface area contributed by atoms with Gasteiger partial charge in [-0.15, -0.1) is 0 Å². The number of hydrogen-bond acceptors (Lipinski definition) is 3. The highest BCUT2D eigenvalue weighted by Crippen LogP contribution is 2.33. The minimum Gasteiger partial charge on any atom is -0.240 e. The third-order valence-corrected chi connectivity index (χ3v) is 4.57. The summed E-state index contributed by atoms with van der Waals surface area (Å²) in [5.41, 5.74) is 0.400. The van der Waals surface area contributed by atoms with Gasteiger partial charge in [0.25, 0.3) is 10.0 Å². The first-order valence-corrected chi connectivity index (χ1v) is 7.10. The lowest BCUT2D eigenvalue weighted by Gasteiger charge is -2.27. The quantitative estimate of drug-likeness (QED) is 0.777. The van der Waals surface area contributed by atoms with Crippen LogP contribution in [0.5, 0.6) is 0 Å². The number of nitrogens with zero attached hydrogens (tertiary/aromatic N) is 2. The van der Waals surface area contributed by atoms with Gasteiger partial charge in [0.1, 0.15) is 4.90 Å². The summed E-state index contributed by atoms with van der Waals surface area (Å²) >= 11 is 5.94. The number of sulfonamides is 1. The van der Waals surface area contributed by atoms with E-state index in [-0.39, 0.29) is 16.1 Å². The van der Waals surface area contributed by atoms with Crippen molar-refractivity contribution in [2.75, 3.05) is 6.54 Å². The monoisotopic (exact) mass is 272 g/mol. The molecule has 0 unspecified atom stereocenters. The van der Waals surface area contributed by atoms with Gasteiger partial charge < -0.3 is 0 Å². The molecule has 1 aromatic rings. The second-order valence-electron chi connectivity index (χ2n) is 4.28. The van der Waals surface area contributed by atoms with Crippen molar-refractivity contribution in [1.82, 2.24) is 4.31 Å². The van der Waals surface area contributed by atoms with E-state index in [2.05, 4.69) is 4.99 Å². The summed E-state index contributed by atoms with van der Waals surface area (Å²) < 4.78 is 25.8. The van der Waals surface area contributed by atoms with Gasteiger partial charge in [-0.3, -0.25) is 0 Å². The van der Waals surface area contributed by atoms with Crippen LogP contribution in [0.1, 0.15) is 13.8 Å². The van der Waals surface area contributed by atoms with E-state index in [1.54, 1.807) is 24.3 Å². The summed E-state index contributed by atoms with van der Waals surface area (Å²) in [5, 5.41) is 0.0115. The maximum atomic E-state index is 12.3. The summed E-state index contributed by atoms with van der Waals surface area (Å²) in [6.07, 6.45) is 0. The fraction of sp³-hybridized carbons (Fsp3) is 0.364. The lowest BCUT2D eigenvalue weighted by atomic mass is 10.2. The SMILES string of the molecule is CC(C)CN1C(Cl)=Nc2ccccc2S1(=O)=O. The third kappa shape index (κ3) is 2.17. The van der Waals surface area contributed by atoms with E-state index < -0.39 is 10.0 Å². The maximum absolute atomic E-state index is 12.3. The molecular weight excluding hydrogens is 260 g/mol. The Balaban J connectivity index is 2.56. The molecule has 17 heavy (non-hydrogen) atoms. The Morgan fingerprint density at radius 1 is 1.35 bits per heavy atom. The fourth-order valence-electron chi connectivity index (χ4n) is 1.65. The molecule has 92 valence electrons. The van der Waals surface area contributed by atoms with Crippen LogP contribution in [0.2, 0.25) is 0 Å². The van der Waals surface area contributed by atoms with Gasteiger partial charge in [0.05, 0.1) is 5.69 Å². The van der Waals surface area contributed by atoms with Gasteiger partial charge in [0.2, 0.25) is 5.29 Å². The Morgan fingerprint density at radius 2 is 2.00 bits per heavy atom. The summed E-state index contributed by atoms with van der Waals surface area (Å²) in [6, 6.07) is 6.60. The van der Waals surface area contributed by atoms with Gasteiger partial charge in [-0.1, -0.05) is 26.0 Å². The van der Waals surface area contributed by atoms with Crippen LogP contribution in [0.3, 0.4) is 0 Å². The van der Waals surface area contributed by atoms with Gasteiger partial charge in [0, 0.05) is 6.54 Å². The first-order chi connectivity index (χ1) is 7.93. The van der Waals surface area contributed by atoms with Crippen molar-refractivity contribution in [2.45, 2.75) is 18.7 Å². The fourth-order valence-corrected chi connectivity index (χ4v) is 3.68. The normalized spacial score (nSPS) is 17.9. The van der Waals surface area contributed by atoms with E-state index in [0.29, 0.717) is 12.2 Å². The molecule has 0 aromatic heterocycles. The van der Waals surface area contributed by atoms with E-state index >= 15 is 0 Å². The molecule has 6 heteroatoms. The van der Waals surface area contributed by atoms with Crippen molar-refractivity contribution in [3.63, 3.8) is 0 Å². The molecule has 1 aliphatic rings. The first-order valence-electron chi connectivity index (χ1n) is 5.29. The van der Waals surface area contributed by atoms with E-state index in [9.17, 15) is 8.42 Å². The summed E-state index contributed by atoms with van der Waals surface area (Å²) in [5.74, 6) is 0.180. The van der Waals surface area contributed by atoms with Crippen LogP contribution in [0.15, 0.2) is 34.2 Å². The molecule has 0 N–H and O–H groups in total. The van der Waals surface area contributed by atoms with Crippen molar-refractivity contribution in [2.24, 2.45) is 10.9 Å². The Kier molecular flexibility index (Phi) is 3.14. The van der Waals surface area contributed by atoms with Crippen molar-refractivity contribution >= 4 is 32.6 Å². The Hall–Kier alpha value is -1.07. The average Bonchev–Trinajstić information content (AvgIpc) is 2.24. The molecule has 1 heterocycles. The number of rotatable bonds is 2. The van der Waals surface area contributed by atoms with Crippen LogP contribution < -0.4 is 0 Å². The third-order valence-electron chi connectivity index (χ3n) is 2.38. The standard InChI is InChI=1S/C11H13ClN2O2S/c1-8(2)7-14-11(12)13-9-5-3-4-6-10(9)17(14,15)16/h3-6,8H,7H2,1-2H3. The molecule has 4 nitrogen and oxygen atoms in total. The van der Waals surface area contributed by atoms with E-state index in [0.717, 1.165) is 4.31 Å². The molecule has 0 fully saturated rings. The minimum atomic E-state index is -3.56. The molecular formula is C11H13ClN2O2S. The number of halogens is 1. The summed E-state index contributed by atoms with van der Waals surface area (Å²) in [6.45, 7) is 4.19. The lowest BCUT2D eigenvalue weighted by Crippen LogP contribution is -2.38. The number of aliphatic imine (C=N–C) groups is 1. The maximum Gasteiger partial charge on any atom is 0.268 e. The largest absolute Gasteiger partial charge is 0.268 e. The molecule has 1 aliphatic heterocycles. The number of para-hydroxylation sites is 1. The zero-order chi connectivity index (χ0) is 12.6. The zero-order valence-corrected chi connectivity index (χ0v) is 11.2. The van der Waals surface area contributed by atoms with Crippen LogP contribution in [-0.2, 0) is 10.0 Å². The Labute approximate surface area is 106 Å². The molecule has 0 aliphatic carbocycles. The molecule has 1 aromatic carbocycles. The highest BCUT2D eigenvalue weighted by Gasteiger charge is 2.33. The van der Waals surface area contributed by atoms with Gasteiger partial charge in [-0.2, -0.15) is 0 Å².